The molecular weight excluding hydrogens is 260 g/mol. The number of benzene rings is 1. The van der Waals surface area contributed by atoms with Crippen molar-refractivity contribution >= 4 is 11.6 Å². The van der Waals surface area contributed by atoms with Crippen molar-refractivity contribution in [3.05, 3.63) is 40.9 Å². The van der Waals surface area contributed by atoms with Gasteiger partial charge in [-0.05, 0) is 31.0 Å². The van der Waals surface area contributed by atoms with Crippen LogP contribution in [0.5, 0.6) is 0 Å². The van der Waals surface area contributed by atoms with Crippen LogP contribution in [0.15, 0.2) is 29.0 Å². The third-order valence-corrected chi connectivity index (χ3v) is 3.42. The predicted molar refractivity (Wildman–Crippen MR) is 78.2 cm³/mol. The highest BCUT2D eigenvalue weighted by Crippen LogP contribution is 2.32. The molecule has 0 radical (unpaired) electrons. The number of oxazole rings is 1. The molecule has 0 spiro atoms. The molecule has 0 aliphatic carbocycles. The lowest BCUT2D eigenvalue weighted by atomic mass is 10.1. The summed E-state index contributed by atoms with van der Waals surface area (Å²) >= 11 is 6.33. The van der Waals surface area contributed by atoms with E-state index < -0.39 is 0 Å². The summed E-state index contributed by atoms with van der Waals surface area (Å²) in [4.78, 5) is 4.27. The van der Waals surface area contributed by atoms with E-state index in [-0.39, 0.29) is 0 Å². The molecule has 1 N–H and O–H groups in total. The zero-order valence-electron chi connectivity index (χ0n) is 11.5. The summed E-state index contributed by atoms with van der Waals surface area (Å²) in [7, 11) is 0. The fourth-order valence-corrected chi connectivity index (χ4v) is 2.13. The van der Waals surface area contributed by atoms with Crippen molar-refractivity contribution in [2.45, 2.75) is 27.3 Å². The molecule has 0 atom stereocenters. The van der Waals surface area contributed by atoms with E-state index in [2.05, 4.69) is 24.1 Å². The van der Waals surface area contributed by atoms with E-state index in [1.54, 1.807) is 0 Å². The third-order valence-electron chi connectivity index (χ3n) is 2.92. The molecule has 102 valence electrons. The van der Waals surface area contributed by atoms with Crippen molar-refractivity contribution in [3.63, 3.8) is 0 Å². The van der Waals surface area contributed by atoms with Crippen LogP contribution in [-0.2, 0) is 6.54 Å². The minimum Gasteiger partial charge on any atom is -0.443 e. The molecular formula is C15H19ClN2O. The molecule has 1 aromatic heterocycles. The van der Waals surface area contributed by atoms with Gasteiger partial charge in [-0.3, -0.25) is 0 Å². The van der Waals surface area contributed by atoms with E-state index in [1.165, 1.54) is 6.39 Å². The summed E-state index contributed by atoms with van der Waals surface area (Å²) in [5.41, 5.74) is 2.84. The van der Waals surface area contributed by atoms with Crippen LogP contribution in [-0.4, -0.2) is 11.5 Å². The number of halogens is 1. The van der Waals surface area contributed by atoms with E-state index in [9.17, 15) is 0 Å². The molecule has 0 aliphatic heterocycles. The van der Waals surface area contributed by atoms with E-state index in [0.717, 1.165) is 34.1 Å². The number of aryl methyl sites for hydroxylation is 1. The summed E-state index contributed by atoms with van der Waals surface area (Å²) in [5.74, 6) is 1.36. The normalized spacial score (nSPS) is 11.2. The molecule has 1 heterocycles. The summed E-state index contributed by atoms with van der Waals surface area (Å²) in [6, 6.07) is 5.92. The van der Waals surface area contributed by atoms with Crippen LogP contribution in [0.3, 0.4) is 0 Å². The maximum Gasteiger partial charge on any atom is 0.181 e. The van der Waals surface area contributed by atoms with Gasteiger partial charge in [0.15, 0.2) is 12.2 Å². The molecule has 4 heteroatoms. The lowest BCUT2D eigenvalue weighted by molar-refractivity contribution is 0.545. The first-order valence-electron chi connectivity index (χ1n) is 6.48. The van der Waals surface area contributed by atoms with Gasteiger partial charge in [0.05, 0.1) is 5.02 Å². The van der Waals surface area contributed by atoms with Gasteiger partial charge in [0.25, 0.3) is 0 Å². The summed E-state index contributed by atoms with van der Waals surface area (Å²) < 4.78 is 5.51. The highest BCUT2D eigenvalue weighted by atomic mass is 35.5. The molecule has 0 saturated carbocycles. The van der Waals surface area contributed by atoms with Gasteiger partial charge in [0.1, 0.15) is 5.69 Å². The highest BCUT2D eigenvalue weighted by Gasteiger charge is 2.14. The van der Waals surface area contributed by atoms with Crippen LogP contribution in [0.25, 0.3) is 11.3 Å². The maximum absolute atomic E-state index is 6.33. The fraction of sp³-hybridized carbons (Fsp3) is 0.400. The Morgan fingerprint density at radius 3 is 2.89 bits per heavy atom. The standard InChI is InChI=1S/C15H19ClN2O/c1-10(2)7-17-8-13-15(19-9-18-13)12-6-4-5-11(3)14(12)16/h4-6,9-10,17H,7-8H2,1-3H3. The lowest BCUT2D eigenvalue weighted by Gasteiger charge is -2.08. The first-order chi connectivity index (χ1) is 9.09. The number of hydrogen-bond acceptors (Lipinski definition) is 3. The summed E-state index contributed by atoms with van der Waals surface area (Å²) in [6.45, 7) is 7.98. The topological polar surface area (TPSA) is 38.1 Å². The van der Waals surface area contributed by atoms with Gasteiger partial charge >= 0.3 is 0 Å². The second kappa shape index (κ2) is 6.22. The second-order valence-electron chi connectivity index (χ2n) is 5.09. The van der Waals surface area contributed by atoms with Crippen LogP contribution in [0, 0.1) is 12.8 Å². The molecule has 0 bridgehead atoms. The van der Waals surface area contributed by atoms with E-state index in [4.69, 9.17) is 16.0 Å². The molecule has 2 aromatic rings. The fourth-order valence-electron chi connectivity index (χ4n) is 1.92. The Hall–Kier alpha value is -1.32. The van der Waals surface area contributed by atoms with Crippen molar-refractivity contribution in [1.29, 1.82) is 0 Å². The number of hydrogen-bond donors (Lipinski definition) is 1. The molecule has 0 unspecified atom stereocenters. The minimum absolute atomic E-state index is 0.609. The van der Waals surface area contributed by atoms with Gasteiger partial charge in [-0.15, -0.1) is 0 Å². The monoisotopic (exact) mass is 278 g/mol. The Bertz CT molecular complexity index is 549. The summed E-state index contributed by atoms with van der Waals surface area (Å²) in [6.07, 6.45) is 1.47. The predicted octanol–water partition coefficient (Wildman–Crippen LogP) is 4.05. The maximum atomic E-state index is 6.33. The van der Waals surface area contributed by atoms with E-state index in [0.29, 0.717) is 12.5 Å². The smallest absolute Gasteiger partial charge is 0.181 e. The van der Waals surface area contributed by atoms with Crippen molar-refractivity contribution in [1.82, 2.24) is 10.3 Å². The Labute approximate surface area is 119 Å². The number of rotatable bonds is 5. The number of aromatic nitrogens is 1. The van der Waals surface area contributed by atoms with Crippen LogP contribution >= 0.6 is 11.6 Å². The molecule has 3 nitrogen and oxygen atoms in total. The average Bonchev–Trinajstić information content (AvgIpc) is 2.80. The Kier molecular flexibility index (Phi) is 4.61. The largest absolute Gasteiger partial charge is 0.443 e. The Morgan fingerprint density at radius 2 is 2.16 bits per heavy atom. The van der Waals surface area contributed by atoms with Crippen LogP contribution in [0.1, 0.15) is 25.1 Å². The second-order valence-corrected chi connectivity index (χ2v) is 5.47. The molecule has 19 heavy (non-hydrogen) atoms. The summed E-state index contributed by atoms with van der Waals surface area (Å²) in [5, 5.41) is 4.09. The Balaban J connectivity index is 2.21. The third kappa shape index (κ3) is 3.37. The van der Waals surface area contributed by atoms with Crippen LogP contribution < -0.4 is 5.32 Å². The minimum atomic E-state index is 0.609. The zero-order valence-corrected chi connectivity index (χ0v) is 12.3. The number of nitrogens with one attached hydrogen (secondary N) is 1. The first kappa shape index (κ1) is 14.1. The molecule has 0 amide bonds. The lowest BCUT2D eigenvalue weighted by Crippen LogP contribution is -2.19. The van der Waals surface area contributed by atoms with Crippen molar-refractivity contribution in [2.75, 3.05) is 6.54 Å². The SMILES string of the molecule is Cc1cccc(-c2ocnc2CNCC(C)C)c1Cl. The van der Waals surface area contributed by atoms with E-state index >= 15 is 0 Å². The molecule has 0 aliphatic rings. The zero-order chi connectivity index (χ0) is 13.8. The van der Waals surface area contributed by atoms with E-state index in [1.807, 2.05) is 25.1 Å². The molecule has 2 rings (SSSR count). The van der Waals surface area contributed by atoms with Gasteiger partial charge in [0.2, 0.25) is 0 Å². The van der Waals surface area contributed by atoms with Gasteiger partial charge in [-0.25, -0.2) is 4.98 Å². The molecule has 0 fully saturated rings. The van der Waals surface area contributed by atoms with Crippen LogP contribution in [0.4, 0.5) is 0 Å². The van der Waals surface area contributed by atoms with Gasteiger partial charge in [-0.1, -0.05) is 37.6 Å². The highest BCUT2D eigenvalue weighted by molar-refractivity contribution is 6.34. The van der Waals surface area contributed by atoms with Crippen molar-refractivity contribution < 1.29 is 4.42 Å². The van der Waals surface area contributed by atoms with Gasteiger partial charge in [0, 0.05) is 12.1 Å². The quantitative estimate of drug-likeness (QED) is 0.897. The molecule has 0 saturated heterocycles. The van der Waals surface area contributed by atoms with Crippen LogP contribution in [0.2, 0.25) is 5.02 Å². The van der Waals surface area contributed by atoms with Gasteiger partial charge < -0.3 is 9.73 Å². The van der Waals surface area contributed by atoms with Crippen molar-refractivity contribution in [3.8, 4) is 11.3 Å². The molecule has 1 aromatic carbocycles. The average molecular weight is 279 g/mol. The Morgan fingerprint density at radius 1 is 1.37 bits per heavy atom. The van der Waals surface area contributed by atoms with Gasteiger partial charge in [-0.2, -0.15) is 0 Å². The van der Waals surface area contributed by atoms with Crippen molar-refractivity contribution in [2.24, 2.45) is 5.92 Å². The first-order valence-corrected chi connectivity index (χ1v) is 6.86. The number of nitrogens with zero attached hydrogens (tertiary/aromatic N) is 1.